The number of alkyl halides is 2. The van der Waals surface area contributed by atoms with Crippen LogP contribution in [0.25, 0.3) is 0 Å². The molecule has 4 heteroatoms. The van der Waals surface area contributed by atoms with Crippen molar-refractivity contribution in [3.63, 3.8) is 0 Å². The van der Waals surface area contributed by atoms with E-state index < -0.39 is 6.17 Å². The molecule has 0 fully saturated rings. The van der Waals surface area contributed by atoms with E-state index in [1.165, 1.54) is 11.8 Å². The van der Waals surface area contributed by atoms with Crippen molar-refractivity contribution in [2.24, 2.45) is 0 Å². The molecule has 10 heavy (non-hydrogen) atoms. The third-order valence-corrected chi connectivity index (χ3v) is 2.49. The van der Waals surface area contributed by atoms with Gasteiger partial charge in [0, 0.05) is 11.5 Å². The highest BCUT2D eigenvalue weighted by atomic mass is 32.2. The third-order valence-electron chi connectivity index (χ3n) is 0.919. The van der Waals surface area contributed by atoms with Crippen molar-refractivity contribution in [3.8, 4) is 0 Å². The first-order valence-corrected chi connectivity index (χ1v) is 4.98. The Kier molecular flexibility index (Phi) is 8.09. The van der Waals surface area contributed by atoms with Crippen molar-refractivity contribution in [2.75, 3.05) is 23.9 Å². The Morgan fingerprint density at radius 1 is 1.50 bits per heavy atom. The molecular formula is C6H12F2S2. The van der Waals surface area contributed by atoms with Gasteiger partial charge in [0.25, 0.3) is 0 Å². The molecule has 0 saturated carbocycles. The minimum absolute atomic E-state index is 0.266. The molecule has 0 aromatic carbocycles. The summed E-state index contributed by atoms with van der Waals surface area (Å²) in [5.74, 6) is 1.43. The van der Waals surface area contributed by atoms with Crippen LogP contribution in [0, 0.1) is 0 Å². The lowest BCUT2D eigenvalue weighted by Gasteiger charge is -2.02. The predicted octanol–water partition coefficient (Wildman–Crippen LogP) is 2.35. The fourth-order valence-corrected chi connectivity index (χ4v) is 1.58. The Bertz CT molecular complexity index is 70.8. The van der Waals surface area contributed by atoms with Gasteiger partial charge in [0.1, 0.15) is 6.17 Å². The molecule has 0 aromatic heterocycles. The van der Waals surface area contributed by atoms with Crippen molar-refractivity contribution in [3.05, 3.63) is 0 Å². The number of halogens is 2. The quantitative estimate of drug-likeness (QED) is 0.491. The normalized spacial score (nSPS) is 13.5. The molecule has 0 aliphatic rings. The highest BCUT2D eigenvalue weighted by Gasteiger charge is 2.01. The molecule has 1 atom stereocenters. The molecule has 0 bridgehead atoms. The Morgan fingerprint density at radius 3 is 2.70 bits per heavy atom. The van der Waals surface area contributed by atoms with Crippen molar-refractivity contribution in [1.29, 1.82) is 0 Å². The van der Waals surface area contributed by atoms with Crippen LogP contribution in [0.5, 0.6) is 0 Å². The summed E-state index contributed by atoms with van der Waals surface area (Å²) in [4.78, 5) is 0. The number of rotatable bonds is 6. The Labute approximate surface area is 70.2 Å². The fourth-order valence-electron chi connectivity index (χ4n) is 0.421. The zero-order chi connectivity index (χ0) is 7.82. The summed E-state index contributed by atoms with van der Waals surface area (Å²) in [7, 11) is 0. The fraction of sp³-hybridized carbons (Fsp3) is 1.00. The third kappa shape index (κ3) is 6.68. The first kappa shape index (κ1) is 10.6. The second-order valence-electron chi connectivity index (χ2n) is 1.90. The first-order valence-electron chi connectivity index (χ1n) is 3.20. The summed E-state index contributed by atoms with van der Waals surface area (Å²) in [6.07, 6.45) is -0.308. The lowest BCUT2D eigenvalue weighted by atomic mass is 10.5. The molecule has 0 radical (unpaired) electrons. The van der Waals surface area contributed by atoms with E-state index in [-0.39, 0.29) is 12.4 Å². The van der Waals surface area contributed by atoms with E-state index >= 15 is 0 Å². The first-order chi connectivity index (χ1) is 4.81. The maximum atomic E-state index is 12.4. The highest BCUT2D eigenvalue weighted by Crippen LogP contribution is 2.08. The number of hydrogen-bond acceptors (Lipinski definition) is 2. The molecule has 0 amide bonds. The van der Waals surface area contributed by atoms with Gasteiger partial charge in [-0.25, -0.2) is 4.39 Å². The average molecular weight is 186 g/mol. The van der Waals surface area contributed by atoms with Crippen LogP contribution in [-0.4, -0.2) is 30.1 Å². The molecule has 0 aromatic rings. The molecule has 0 heterocycles. The van der Waals surface area contributed by atoms with Gasteiger partial charge in [-0.15, -0.1) is 0 Å². The maximum absolute atomic E-state index is 12.4. The molecule has 0 aliphatic heterocycles. The molecule has 0 aliphatic carbocycles. The molecule has 0 saturated heterocycles. The van der Waals surface area contributed by atoms with Crippen molar-refractivity contribution in [2.45, 2.75) is 12.6 Å². The van der Waals surface area contributed by atoms with Gasteiger partial charge in [0.05, 0.1) is 6.67 Å². The van der Waals surface area contributed by atoms with Gasteiger partial charge in [-0.1, -0.05) is 0 Å². The van der Waals surface area contributed by atoms with Crippen LogP contribution < -0.4 is 0 Å². The zero-order valence-corrected chi connectivity index (χ0v) is 7.44. The second-order valence-corrected chi connectivity index (χ2v) is 3.41. The Balaban J connectivity index is 2.89. The molecule has 62 valence electrons. The van der Waals surface area contributed by atoms with Gasteiger partial charge in [-0.2, -0.15) is 24.4 Å². The van der Waals surface area contributed by atoms with E-state index in [4.69, 9.17) is 0 Å². The van der Waals surface area contributed by atoms with Gasteiger partial charge in [0.2, 0.25) is 0 Å². The van der Waals surface area contributed by atoms with Gasteiger partial charge < -0.3 is 0 Å². The van der Waals surface area contributed by atoms with Gasteiger partial charge in [0.15, 0.2) is 0 Å². The van der Waals surface area contributed by atoms with Crippen molar-refractivity contribution >= 4 is 24.4 Å². The monoisotopic (exact) mass is 186 g/mol. The smallest absolute Gasteiger partial charge is 0.118 e. The van der Waals surface area contributed by atoms with Crippen LogP contribution in [0.1, 0.15) is 6.42 Å². The largest absolute Gasteiger partial charge is 0.251 e. The van der Waals surface area contributed by atoms with E-state index in [9.17, 15) is 8.78 Å². The molecule has 0 rings (SSSR count). The van der Waals surface area contributed by atoms with Crippen LogP contribution in [0.3, 0.4) is 0 Å². The second kappa shape index (κ2) is 7.66. The van der Waals surface area contributed by atoms with E-state index in [2.05, 4.69) is 12.6 Å². The Hall–Kier alpha value is 0.560. The van der Waals surface area contributed by atoms with Gasteiger partial charge in [-0.3, -0.25) is 4.39 Å². The van der Waals surface area contributed by atoms with E-state index in [1.54, 1.807) is 0 Å². The summed E-state index contributed by atoms with van der Waals surface area (Å²) in [6, 6.07) is 0. The van der Waals surface area contributed by atoms with Crippen LogP contribution in [-0.2, 0) is 0 Å². The van der Waals surface area contributed by atoms with Crippen molar-refractivity contribution in [1.82, 2.24) is 0 Å². The van der Waals surface area contributed by atoms with E-state index in [0.29, 0.717) is 17.9 Å². The number of thioether (sulfide) groups is 1. The molecular weight excluding hydrogens is 174 g/mol. The topological polar surface area (TPSA) is 0 Å². The van der Waals surface area contributed by atoms with Crippen LogP contribution >= 0.6 is 24.4 Å². The van der Waals surface area contributed by atoms with Crippen LogP contribution in [0.15, 0.2) is 0 Å². The average Bonchev–Trinajstić information content (AvgIpc) is 1.98. The molecule has 0 N–H and O–H groups in total. The summed E-state index contributed by atoms with van der Waals surface area (Å²) in [5.41, 5.74) is 0. The summed E-state index contributed by atoms with van der Waals surface area (Å²) in [6.45, 7) is -0.301. The summed E-state index contributed by atoms with van der Waals surface area (Å²) >= 11 is 5.22. The lowest BCUT2D eigenvalue weighted by Crippen LogP contribution is -2.05. The maximum Gasteiger partial charge on any atom is 0.118 e. The van der Waals surface area contributed by atoms with Gasteiger partial charge >= 0.3 is 0 Å². The molecule has 0 nitrogen and oxygen atoms in total. The zero-order valence-electron chi connectivity index (χ0n) is 5.72. The number of thiol groups is 1. The summed E-state index contributed by atoms with van der Waals surface area (Å²) in [5, 5.41) is 0. The van der Waals surface area contributed by atoms with Crippen LogP contribution in [0.2, 0.25) is 0 Å². The van der Waals surface area contributed by atoms with E-state index in [1.807, 2.05) is 0 Å². The lowest BCUT2D eigenvalue weighted by molar-refractivity contribution is 0.404. The Morgan fingerprint density at radius 2 is 2.20 bits per heavy atom. The minimum Gasteiger partial charge on any atom is -0.251 e. The van der Waals surface area contributed by atoms with Gasteiger partial charge in [-0.05, 0) is 12.2 Å². The summed E-state index contributed by atoms with van der Waals surface area (Å²) < 4.78 is 23.8. The minimum atomic E-state index is -0.840. The van der Waals surface area contributed by atoms with Crippen LogP contribution in [0.4, 0.5) is 8.78 Å². The van der Waals surface area contributed by atoms with Crippen molar-refractivity contribution < 1.29 is 8.78 Å². The number of hydrogen-bond donors (Lipinski definition) is 1. The SMILES string of the molecule is FCCCSCC(F)CS. The highest BCUT2D eigenvalue weighted by molar-refractivity contribution is 7.99. The predicted molar refractivity (Wildman–Crippen MR) is 46.7 cm³/mol. The molecule has 0 spiro atoms. The molecule has 1 unspecified atom stereocenters. The van der Waals surface area contributed by atoms with E-state index in [0.717, 1.165) is 0 Å². The standard InChI is InChI=1S/C6H12F2S2/c7-2-1-3-10-5-6(8)4-9/h6,9H,1-5H2.